The molecule has 1 unspecified atom stereocenters. The zero-order valence-corrected chi connectivity index (χ0v) is 7.54. The molecule has 0 N–H and O–H groups in total. The van der Waals surface area contributed by atoms with Gasteiger partial charge in [-0.25, -0.2) is 4.79 Å². The Bertz CT molecular complexity index is 141. The third-order valence-corrected chi connectivity index (χ3v) is 1.51. The molecule has 0 saturated heterocycles. The summed E-state index contributed by atoms with van der Waals surface area (Å²) in [5.41, 5.74) is 0.637. The van der Waals surface area contributed by atoms with Crippen molar-refractivity contribution in [3.05, 3.63) is 11.4 Å². The van der Waals surface area contributed by atoms with Gasteiger partial charge in [0.1, 0.15) is 0 Å². The Balaban J connectivity index is 3.63. The summed E-state index contributed by atoms with van der Waals surface area (Å²) in [5, 5.41) is 0. The highest BCUT2D eigenvalue weighted by atomic mass is 31.0. The molecule has 2 nitrogen and oxygen atoms in total. The van der Waals surface area contributed by atoms with Gasteiger partial charge in [-0.2, -0.15) is 0 Å². The van der Waals surface area contributed by atoms with E-state index in [1.165, 1.54) is 0 Å². The molecule has 0 aromatic heterocycles. The quantitative estimate of drug-likeness (QED) is 0.357. The van der Waals surface area contributed by atoms with Crippen LogP contribution in [0, 0.1) is 0 Å². The first-order chi connectivity index (χ1) is 4.72. The van der Waals surface area contributed by atoms with E-state index in [-0.39, 0.29) is 5.97 Å². The molecule has 0 heterocycles. The van der Waals surface area contributed by atoms with E-state index in [1.807, 2.05) is 6.92 Å². The Hall–Kier alpha value is -0.360. The van der Waals surface area contributed by atoms with E-state index < -0.39 is 0 Å². The van der Waals surface area contributed by atoms with E-state index in [4.69, 9.17) is 4.74 Å². The van der Waals surface area contributed by atoms with E-state index >= 15 is 0 Å². The maximum Gasteiger partial charge on any atom is 0.333 e. The lowest BCUT2D eigenvalue weighted by atomic mass is 10.4. The van der Waals surface area contributed by atoms with Crippen LogP contribution < -0.4 is 0 Å². The van der Waals surface area contributed by atoms with Crippen molar-refractivity contribution in [2.24, 2.45) is 0 Å². The van der Waals surface area contributed by atoms with Gasteiger partial charge in [-0.05, 0) is 13.3 Å². The molecule has 0 aromatic rings. The zero-order valence-electron chi connectivity index (χ0n) is 6.39. The lowest BCUT2D eigenvalue weighted by Crippen LogP contribution is -2.05. The summed E-state index contributed by atoms with van der Waals surface area (Å²) in [6.45, 7) is 4.20. The molecule has 0 fully saturated rings. The highest BCUT2D eigenvalue weighted by Gasteiger charge is 2.01. The summed E-state index contributed by atoms with van der Waals surface area (Å²) in [4.78, 5) is 10.8. The molecule has 0 aliphatic rings. The van der Waals surface area contributed by atoms with Crippen LogP contribution in [0.4, 0.5) is 0 Å². The SMILES string of the molecule is CCCOC(=O)C(C)=CP. The average Bonchev–Trinajstić information content (AvgIpc) is 1.98. The van der Waals surface area contributed by atoms with Crippen molar-refractivity contribution in [3.8, 4) is 0 Å². The van der Waals surface area contributed by atoms with Crippen LogP contribution in [-0.4, -0.2) is 12.6 Å². The number of carbonyl (C=O) groups excluding carboxylic acids is 1. The van der Waals surface area contributed by atoms with E-state index in [0.717, 1.165) is 6.42 Å². The van der Waals surface area contributed by atoms with Crippen molar-refractivity contribution in [1.82, 2.24) is 0 Å². The minimum absolute atomic E-state index is 0.225. The van der Waals surface area contributed by atoms with Crippen LogP contribution in [0.25, 0.3) is 0 Å². The van der Waals surface area contributed by atoms with E-state index in [1.54, 1.807) is 12.7 Å². The van der Waals surface area contributed by atoms with Crippen molar-refractivity contribution in [3.63, 3.8) is 0 Å². The molecule has 0 radical (unpaired) electrons. The predicted molar refractivity (Wildman–Crippen MR) is 44.7 cm³/mol. The van der Waals surface area contributed by atoms with Crippen molar-refractivity contribution in [2.45, 2.75) is 20.3 Å². The van der Waals surface area contributed by atoms with Crippen LogP contribution in [0.1, 0.15) is 20.3 Å². The number of hydrogen-bond donors (Lipinski definition) is 0. The molecule has 58 valence electrons. The highest BCUT2D eigenvalue weighted by molar-refractivity contribution is 7.20. The Morgan fingerprint density at radius 1 is 1.70 bits per heavy atom. The Morgan fingerprint density at radius 2 is 2.30 bits per heavy atom. The van der Waals surface area contributed by atoms with E-state index in [2.05, 4.69) is 9.24 Å². The third kappa shape index (κ3) is 3.62. The van der Waals surface area contributed by atoms with E-state index in [0.29, 0.717) is 12.2 Å². The monoisotopic (exact) mass is 160 g/mol. The Labute approximate surface area is 63.8 Å². The van der Waals surface area contributed by atoms with Gasteiger partial charge in [0.05, 0.1) is 6.61 Å². The maximum atomic E-state index is 10.8. The predicted octanol–water partition coefficient (Wildman–Crippen LogP) is 1.72. The van der Waals surface area contributed by atoms with Crippen LogP contribution in [-0.2, 0) is 9.53 Å². The van der Waals surface area contributed by atoms with Crippen molar-refractivity contribution in [2.75, 3.05) is 6.61 Å². The largest absolute Gasteiger partial charge is 0.462 e. The van der Waals surface area contributed by atoms with Gasteiger partial charge < -0.3 is 4.74 Å². The number of hydrogen-bond acceptors (Lipinski definition) is 2. The van der Waals surface area contributed by atoms with Crippen LogP contribution in [0.15, 0.2) is 11.4 Å². The summed E-state index contributed by atoms with van der Waals surface area (Å²) in [6.07, 6.45) is 0.871. The minimum Gasteiger partial charge on any atom is -0.462 e. The number of rotatable bonds is 3. The van der Waals surface area contributed by atoms with Crippen molar-refractivity contribution in [1.29, 1.82) is 0 Å². The molecule has 0 spiro atoms. The second kappa shape index (κ2) is 5.43. The highest BCUT2D eigenvalue weighted by Crippen LogP contribution is 2.00. The number of ether oxygens (including phenoxy) is 1. The molecule has 0 aliphatic carbocycles. The fraction of sp³-hybridized carbons (Fsp3) is 0.571. The molecule has 0 bridgehead atoms. The molecule has 10 heavy (non-hydrogen) atoms. The zero-order chi connectivity index (χ0) is 7.98. The Morgan fingerprint density at radius 3 is 2.70 bits per heavy atom. The second-order valence-electron chi connectivity index (χ2n) is 1.99. The topological polar surface area (TPSA) is 26.3 Å². The van der Waals surface area contributed by atoms with Crippen LogP contribution >= 0.6 is 9.24 Å². The summed E-state index contributed by atoms with van der Waals surface area (Å²) < 4.78 is 4.82. The van der Waals surface area contributed by atoms with Crippen LogP contribution in [0.2, 0.25) is 0 Å². The third-order valence-electron chi connectivity index (χ3n) is 1.01. The fourth-order valence-electron chi connectivity index (χ4n) is 0.377. The molecule has 3 heteroatoms. The van der Waals surface area contributed by atoms with Gasteiger partial charge in [0.15, 0.2) is 0 Å². The molecular weight excluding hydrogens is 147 g/mol. The van der Waals surface area contributed by atoms with Gasteiger partial charge in [0.2, 0.25) is 0 Å². The molecule has 1 atom stereocenters. The first-order valence-corrected chi connectivity index (χ1v) is 3.94. The summed E-state index contributed by atoms with van der Waals surface area (Å²) in [6, 6.07) is 0. The Kier molecular flexibility index (Phi) is 5.23. The van der Waals surface area contributed by atoms with Gasteiger partial charge in [-0.3, -0.25) is 0 Å². The smallest absolute Gasteiger partial charge is 0.333 e. The van der Waals surface area contributed by atoms with Crippen molar-refractivity contribution >= 4 is 15.2 Å². The lowest BCUT2D eigenvalue weighted by Gasteiger charge is -2.00. The first kappa shape index (κ1) is 9.64. The molecular formula is C7H13O2P. The molecule has 0 saturated carbocycles. The van der Waals surface area contributed by atoms with Gasteiger partial charge in [-0.15, -0.1) is 9.24 Å². The molecule has 0 aliphatic heterocycles. The summed E-state index contributed by atoms with van der Waals surface area (Å²) in [7, 11) is 2.37. The summed E-state index contributed by atoms with van der Waals surface area (Å²) >= 11 is 0. The van der Waals surface area contributed by atoms with Gasteiger partial charge in [0.25, 0.3) is 0 Å². The van der Waals surface area contributed by atoms with Crippen molar-refractivity contribution < 1.29 is 9.53 Å². The number of carbonyl (C=O) groups is 1. The number of esters is 1. The normalized spacial score (nSPS) is 11.3. The molecule has 0 rings (SSSR count). The van der Waals surface area contributed by atoms with Crippen LogP contribution in [0.5, 0.6) is 0 Å². The first-order valence-electron chi connectivity index (χ1n) is 3.28. The van der Waals surface area contributed by atoms with Gasteiger partial charge in [-0.1, -0.05) is 12.7 Å². The van der Waals surface area contributed by atoms with Crippen LogP contribution in [0.3, 0.4) is 0 Å². The fourth-order valence-corrected chi connectivity index (χ4v) is 0.513. The van der Waals surface area contributed by atoms with Gasteiger partial charge >= 0.3 is 5.97 Å². The summed E-state index contributed by atoms with van der Waals surface area (Å²) in [5.74, 6) is 1.44. The molecule has 0 amide bonds. The van der Waals surface area contributed by atoms with E-state index in [9.17, 15) is 4.79 Å². The molecule has 0 aromatic carbocycles. The average molecular weight is 160 g/mol. The minimum atomic E-state index is -0.225. The maximum absolute atomic E-state index is 10.8. The second-order valence-corrected chi connectivity index (χ2v) is 2.32. The lowest BCUT2D eigenvalue weighted by molar-refractivity contribution is -0.138. The standard InChI is InChI=1S/C7H13O2P/c1-3-4-9-7(8)6(2)5-10/h5H,3-4,10H2,1-2H3. The van der Waals surface area contributed by atoms with Gasteiger partial charge in [0, 0.05) is 5.57 Å².